The molecule has 1 aliphatic carbocycles. The van der Waals surface area contributed by atoms with Crippen LogP contribution in [0.3, 0.4) is 0 Å². The third-order valence-electron chi connectivity index (χ3n) is 5.86. The summed E-state index contributed by atoms with van der Waals surface area (Å²) in [6.07, 6.45) is 10.3. The molecule has 0 aliphatic heterocycles. The van der Waals surface area contributed by atoms with Gasteiger partial charge in [0.1, 0.15) is 12.4 Å². The first-order valence-corrected chi connectivity index (χ1v) is 13.0. The van der Waals surface area contributed by atoms with Crippen molar-refractivity contribution in [2.24, 2.45) is 4.99 Å². The fraction of sp³-hybridized carbons (Fsp3) is 0.583. The molecule has 0 saturated heterocycles. The Hall–Kier alpha value is -1.42. The Morgan fingerprint density at radius 2 is 2.06 bits per heavy atom. The van der Waals surface area contributed by atoms with Gasteiger partial charge in [0.15, 0.2) is 5.96 Å². The predicted molar refractivity (Wildman–Crippen MR) is 145 cm³/mol. The standard InChI is InChI=1S/C24H37N5OS.HI/c1-3-25-24(28-21-13-8-14-22(18-21)31(30)4-2)27-19-23-26-15-17-29(23)16-9-12-20-10-6-5-7-11-20;/h5-7,10-11,15,17,21-22H,3-4,8-9,12-14,16,18-19H2,1-2H3,(H2,25,27,28);1H. The Kier molecular flexibility index (Phi) is 12.3. The first-order chi connectivity index (χ1) is 15.2. The molecule has 0 bridgehead atoms. The van der Waals surface area contributed by atoms with Crippen LogP contribution in [0.4, 0.5) is 0 Å². The molecule has 32 heavy (non-hydrogen) atoms. The van der Waals surface area contributed by atoms with E-state index in [4.69, 9.17) is 4.99 Å². The lowest BCUT2D eigenvalue weighted by molar-refractivity contribution is 0.413. The van der Waals surface area contributed by atoms with Gasteiger partial charge >= 0.3 is 0 Å². The number of hydrogen-bond acceptors (Lipinski definition) is 3. The van der Waals surface area contributed by atoms with Crippen molar-refractivity contribution in [2.45, 2.75) is 76.8 Å². The normalized spacial score (nSPS) is 19.8. The average Bonchev–Trinajstić information content (AvgIpc) is 3.25. The number of nitrogens with one attached hydrogen (secondary N) is 2. The number of hydrogen-bond donors (Lipinski definition) is 2. The van der Waals surface area contributed by atoms with E-state index in [-0.39, 0.29) is 24.0 Å². The van der Waals surface area contributed by atoms with E-state index in [1.807, 2.05) is 19.3 Å². The molecule has 3 unspecified atom stereocenters. The summed E-state index contributed by atoms with van der Waals surface area (Å²) in [6, 6.07) is 10.9. The molecular weight excluding hydrogens is 533 g/mol. The van der Waals surface area contributed by atoms with Crippen LogP contribution < -0.4 is 10.6 Å². The smallest absolute Gasteiger partial charge is 0.191 e. The fourth-order valence-electron chi connectivity index (χ4n) is 4.21. The second kappa shape index (κ2) is 14.7. The largest absolute Gasteiger partial charge is 0.357 e. The molecule has 0 spiro atoms. The van der Waals surface area contributed by atoms with Crippen LogP contribution in [-0.4, -0.2) is 43.3 Å². The van der Waals surface area contributed by atoms with Gasteiger partial charge in [0, 0.05) is 53.3 Å². The Balaban J connectivity index is 0.00000363. The van der Waals surface area contributed by atoms with E-state index < -0.39 is 10.8 Å². The van der Waals surface area contributed by atoms with Crippen LogP contribution in [0.15, 0.2) is 47.7 Å². The first-order valence-electron chi connectivity index (χ1n) is 11.7. The molecule has 1 heterocycles. The van der Waals surface area contributed by atoms with Gasteiger partial charge in [-0.15, -0.1) is 24.0 Å². The van der Waals surface area contributed by atoms with Crippen LogP contribution in [0, 0.1) is 0 Å². The molecule has 8 heteroatoms. The number of benzene rings is 1. The summed E-state index contributed by atoms with van der Waals surface area (Å²) in [7, 11) is -0.715. The third-order valence-corrected chi connectivity index (χ3v) is 7.60. The molecule has 2 aromatic rings. The molecule has 178 valence electrons. The maximum Gasteiger partial charge on any atom is 0.191 e. The molecule has 3 atom stereocenters. The van der Waals surface area contributed by atoms with Gasteiger partial charge in [0.05, 0.1) is 0 Å². The van der Waals surface area contributed by atoms with E-state index in [0.29, 0.717) is 17.8 Å². The van der Waals surface area contributed by atoms with Gasteiger partial charge in [-0.1, -0.05) is 43.7 Å². The van der Waals surface area contributed by atoms with E-state index >= 15 is 0 Å². The molecule has 0 amide bonds. The second-order valence-electron chi connectivity index (χ2n) is 8.12. The molecule has 2 N–H and O–H groups in total. The van der Waals surface area contributed by atoms with Crippen molar-refractivity contribution in [3.63, 3.8) is 0 Å². The molecule has 1 aliphatic rings. The van der Waals surface area contributed by atoms with Crippen molar-refractivity contribution in [3.8, 4) is 0 Å². The summed E-state index contributed by atoms with van der Waals surface area (Å²) < 4.78 is 14.5. The van der Waals surface area contributed by atoms with Crippen LogP contribution >= 0.6 is 24.0 Å². The van der Waals surface area contributed by atoms with Crippen LogP contribution in [0.1, 0.15) is 57.3 Å². The summed E-state index contributed by atoms with van der Waals surface area (Å²) in [5, 5.41) is 7.25. The van der Waals surface area contributed by atoms with Crippen molar-refractivity contribution >= 4 is 40.7 Å². The number of imidazole rings is 1. The van der Waals surface area contributed by atoms with Crippen molar-refractivity contribution in [3.05, 3.63) is 54.1 Å². The quantitative estimate of drug-likeness (QED) is 0.254. The lowest BCUT2D eigenvalue weighted by Crippen LogP contribution is -2.46. The van der Waals surface area contributed by atoms with Crippen LogP contribution in [0.5, 0.6) is 0 Å². The van der Waals surface area contributed by atoms with Crippen LogP contribution in [0.2, 0.25) is 0 Å². The van der Waals surface area contributed by atoms with Gasteiger partial charge in [-0.25, -0.2) is 9.98 Å². The minimum Gasteiger partial charge on any atom is -0.357 e. The van der Waals surface area contributed by atoms with E-state index in [9.17, 15) is 4.21 Å². The van der Waals surface area contributed by atoms with Gasteiger partial charge in [-0.3, -0.25) is 4.21 Å². The zero-order valence-electron chi connectivity index (χ0n) is 19.3. The highest BCUT2D eigenvalue weighted by Crippen LogP contribution is 2.23. The molecular formula is C24H38IN5OS. The zero-order chi connectivity index (χ0) is 21.9. The first kappa shape index (κ1) is 26.8. The highest BCUT2D eigenvalue weighted by Gasteiger charge is 2.26. The second-order valence-corrected chi connectivity index (χ2v) is 10.1. The predicted octanol–water partition coefficient (Wildman–Crippen LogP) is 4.27. The van der Waals surface area contributed by atoms with Gasteiger partial charge < -0.3 is 15.2 Å². The topological polar surface area (TPSA) is 71.3 Å². The Bertz CT molecular complexity index is 842. The average molecular weight is 572 g/mol. The number of rotatable bonds is 10. The molecule has 3 rings (SSSR count). The lowest BCUT2D eigenvalue weighted by Gasteiger charge is -2.30. The van der Waals surface area contributed by atoms with Crippen molar-refractivity contribution in [2.75, 3.05) is 12.3 Å². The molecule has 6 nitrogen and oxygen atoms in total. The van der Waals surface area contributed by atoms with E-state index in [0.717, 1.165) is 69.2 Å². The highest BCUT2D eigenvalue weighted by atomic mass is 127. The van der Waals surface area contributed by atoms with Gasteiger partial charge in [0.2, 0.25) is 0 Å². The summed E-state index contributed by atoms with van der Waals surface area (Å²) in [6.45, 7) is 6.40. The molecule has 1 aromatic heterocycles. The monoisotopic (exact) mass is 571 g/mol. The molecule has 1 aromatic carbocycles. The van der Waals surface area contributed by atoms with Crippen LogP contribution in [-0.2, 0) is 30.3 Å². The summed E-state index contributed by atoms with van der Waals surface area (Å²) in [5.41, 5.74) is 1.37. The minimum atomic E-state index is -0.715. The number of aryl methyl sites for hydroxylation is 2. The van der Waals surface area contributed by atoms with E-state index in [1.54, 1.807) is 0 Å². The van der Waals surface area contributed by atoms with Crippen molar-refractivity contribution in [1.82, 2.24) is 20.2 Å². The summed E-state index contributed by atoms with van der Waals surface area (Å²) in [5.74, 6) is 2.56. The molecule has 0 radical (unpaired) electrons. The SMILES string of the molecule is CCNC(=NCc1nccn1CCCc1ccccc1)NC1CCCC(S(=O)CC)C1.I. The Morgan fingerprint density at radius 1 is 1.25 bits per heavy atom. The van der Waals surface area contributed by atoms with Gasteiger partial charge in [-0.05, 0) is 44.6 Å². The number of aromatic nitrogens is 2. The third kappa shape index (κ3) is 8.50. The minimum absolute atomic E-state index is 0. The van der Waals surface area contributed by atoms with Gasteiger partial charge in [0.25, 0.3) is 0 Å². The fourth-order valence-corrected chi connectivity index (χ4v) is 5.56. The molecule has 1 saturated carbocycles. The zero-order valence-corrected chi connectivity index (χ0v) is 22.5. The maximum atomic E-state index is 12.2. The summed E-state index contributed by atoms with van der Waals surface area (Å²) >= 11 is 0. The van der Waals surface area contributed by atoms with Crippen molar-refractivity contribution < 1.29 is 4.21 Å². The molecule has 1 fully saturated rings. The Labute approximate surface area is 212 Å². The number of halogens is 1. The van der Waals surface area contributed by atoms with Crippen molar-refractivity contribution in [1.29, 1.82) is 0 Å². The summed E-state index contributed by atoms with van der Waals surface area (Å²) in [4.78, 5) is 9.33. The van der Waals surface area contributed by atoms with E-state index in [1.165, 1.54) is 5.56 Å². The number of guanidine groups is 1. The van der Waals surface area contributed by atoms with Gasteiger partial charge in [-0.2, -0.15) is 0 Å². The highest BCUT2D eigenvalue weighted by molar-refractivity contribution is 14.0. The number of nitrogens with zero attached hydrogens (tertiary/aromatic N) is 3. The number of aliphatic imine (C=N–C) groups is 1. The lowest BCUT2D eigenvalue weighted by atomic mass is 9.95. The Morgan fingerprint density at radius 3 is 2.81 bits per heavy atom. The van der Waals surface area contributed by atoms with E-state index in [2.05, 4.69) is 57.4 Å². The van der Waals surface area contributed by atoms with Crippen LogP contribution in [0.25, 0.3) is 0 Å². The maximum absolute atomic E-state index is 12.2.